The summed E-state index contributed by atoms with van der Waals surface area (Å²) in [5.41, 5.74) is 2.61. The molecule has 74 valence electrons. The van der Waals surface area contributed by atoms with E-state index in [2.05, 4.69) is 9.71 Å². The maximum Gasteiger partial charge on any atom is 0.211 e. The maximum absolute atomic E-state index is 11.1. The van der Waals surface area contributed by atoms with Gasteiger partial charge in [-0.05, 0) is 13.8 Å². The Labute approximate surface area is 82.1 Å². The summed E-state index contributed by atoms with van der Waals surface area (Å²) in [6.07, 6.45) is 0. The lowest BCUT2D eigenvalue weighted by atomic mass is 10.4. The monoisotopic (exact) mass is 220 g/mol. The minimum absolute atomic E-state index is 0.116. The Kier molecular flexibility index (Phi) is 3.40. The van der Waals surface area contributed by atoms with Gasteiger partial charge in [0, 0.05) is 11.4 Å². The Hall–Kier alpha value is -0.460. The summed E-state index contributed by atoms with van der Waals surface area (Å²) in [6, 6.07) is 0. The highest BCUT2D eigenvalue weighted by molar-refractivity contribution is 7.89. The Bertz CT molecular complexity index is 370. The molecule has 4 nitrogen and oxygen atoms in total. The zero-order chi connectivity index (χ0) is 9.90. The molecule has 6 heteroatoms. The molecule has 0 aliphatic heterocycles. The molecule has 0 amide bonds. The van der Waals surface area contributed by atoms with Crippen LogP contribution in [0.15, 0.2) is 5.51 Å². The molecule has 0 aromatic carbocycles. The van der Waals surface area contributed by atoms with E-state index < -0.39 is 10.0 Å². The van der Waals surface area contributed by atoms with Crippen LogP contribution in [-0.2, 0) is 16.6 Å². The summed E-state index contributed by atoms with van der Waals surface area (Å²) in [7, 11) is -3.08. The molecule has 1 aromatic rings. The van der Waals surface area contributed by atoms with Crippen LogP contribution < -0.4 is 4.72 Å². The van der Waals surface area contributed by atoms with E-state index in [0.717, 1.165) is 10.6 Å². The predicted molar refractivity (Wildman–Crippen MR) is 53.2 cm³/mol. The van der Waals surface area contributed by atoms with E-state index in [9.17, 15) is 8.42 Å². The summed E-state index contributed by atoms with van der Waals surface area (Å²) < 4.78 is 24.7. The standard InChI is InChI=1S/C7H12N2O2S2/c1-3-13(10,11)9-4-7-6(2)8-5-12-7/h5,9H,3-4H2,1-2H3. The van der Waals surface area contributed by atoms with E-state index in [1.165, 1.54) is 11.3 Å². The Morgan fingerprint density at radius 3 is 2.77 bits per heavy atom. The number of rotatable bonds is 4. The molecule has 0 fully saturated rings. The first-order valence-electron chi connectivity index (χ1n) is 3.91. The third-order valence-electron chi connectivity index (χ3n) is 1.68. The van der Waals surface area contributed by atoms with E-state index in [1.54, 1.807) is 12.4 Å². The van der Waals surface area contributed by atoms with Gasteiger partial charge < -0.3 is 0 Å². The third-order valence-corrected chi connectivity index (χ3v) is 3.96. The smallest absolute Gasteiger partial charge is 0.211 e. The van der Waals surface area contributed by atoms with Crippen molar-refractivity contribution in [3.63, 3.8) is 0 Å². The molecule has 1 N–H and O–H groups in total. The normalized spacial score (nSPS) is 11.8. The second-order valence-electron chi connectivity index (χ2n) is 2.59. The second kappa shape index (κ2) is 4.17. The van der Waals surface area contributed by atoms with E-state index >= 15 is 0 Å². The molecule has 0 aliphatic carbocycles. The molecule has 13 heavy (non-hydrogen) atoms. The molecular formula is C7H12N2O2S2. The van der Waals surface area contributed by atoms with Crippen molar-refractivity contribution in [2.24, 2.45) is 0 Å². The Morgan fingerprint density at radius 2 is 2.31 bits per heavy atom. The molecule has 1 rings (SSSR count). The first kappa shape index (κ1) is 10.6. The number of hydrogen-bond acceptors (Lipinski definition) is 4. The average molecular weight is 220 g/mol. The SMILES string of the molecule is CCS(=O)(=O)NCc1scnc1C. The van der Waals surface area contributed by atoms with E-state index in [-0.39, 0.29) is 5.75 Å². The zero-order valence-corrected chi connectivity index (χ0v) is 9.20. The number of thiazole rings is 1. The Morgan fingerprint density at radius 1 is 1.62 bits per heavy atom. The summed E-state index contributed by atoms with van der Waals surface area (Å²) in [5, 5.41) is 0. The highest BCUT2D eigenvalue weighted by Gasteiger charge is 2.08. The van der Waals surface area contributed by atoms with Crippen molar-refractivity contribution >= 4 is 21.4 Å². The quantitative estimate of drug-likeness (QED) is 0.820. The predicted octanol–water partition coefficient (Wildman–Crippen LogP) is 0.891. The number of nitrogens with zero attached hydrogens (tertiary/aromatic N) is 1. The van der Waals surface area contributed by atoms with Crippen molar-refractivity contribution in [2.45, 2.75) is 20.4 Å². The summed E-state index contributed by atoms with van der Waals surface area (Å²) in [6.45, 7) is 3.83. The second-order valence-corrected chi connectivity index (χ2v) is 5.62. The van der Waals surface area contributed by atoms with Gasteiger partial charge in [0.25, 0.3) is 0 Å². The van der Waals surface area contributed by atoms with Crippen LogP contribution in [-0.4, -0.2) is 19.2 Å². The van der Waals surface area contributed by atoms with Crippen molar-refractivity contribution in [3.05, 3.63) is 16.1 Å². The van der Waals surface area contributed by atoms with Crippen LogP contribution in [0.3, 0.4) is 0 Å². The van der Waals surface area contributed by atoms with Gasteiger partial charge in [-0.2, -0.15) is 0 Å². The third kappa shape index (κ3) is 3.06. The topological polar surface area (TPSA) is 59.1 Å². The van der Waals surface area contributed by atoms with Crippen LogP contribution in [0.1, 0.15) is 17.5 Å². The number of aromatic nitrogens is 1. The minimum Gasteiger partial charge on any atom is -0.250 e. The van der Waals surface area contributed by atoms with Gasteiger partial charge in [-0.15, -0.1) is 11.3 Å². The molecule has 0 unspecified atom stereocenters. The summed E-state index contributed by atoms with van der Waals surface area (Å²) >= 11 is 1.46. The number of nitrogens with one attached hydrogen (secondary N) is 1. The molecule has 1 heterocycles. The maximum atomic E-state index is 11.1. The van der Waals surface area contributed by atoms with Crippen LogP contribution >= 0.6 is 11.3 Å². The van der Waals surface area contributed by atoms with Crippen LogP contribution in [0.4, 0.5) is 0 Å². The summed E-state index contributed by atoms with van der Waals surface area (Å²) in [5.74, 6) is 0.116. The van der Waals surface area contributed by atoms with Crippen LogP contribution in [0.25, 0.3) is 0 Å². The highest BCUT2D eigenvalue weighted by atomic mass is 32.2. The van der Waals surface area contributed by atoms with Gasteiger partial charge in [0.2, 0.25) is 10.0 Å². The molecule has 1 aromatic heterocycles. The van der Waals surface area contributed by atoms with Crippen molar-refractivity contribution in [1.29, 1.82) is 0 Å². The molecule has 0 saturated heterocycles. The number of hydrogen-bond donors (Lipinski definition) is 1. The molecule has 0 atom stereocenters. The van der Waals surface area contributed by atoms with Gasteiger partial charge in [-0.1, -0.05) is 0 Å². The van der Waals surface area contributed by atoms with Crippen LogP contribution in [0.2, 0.25) is 0 Å². The van der Waals surface area contributed by atoms with E-state index in [4.69, 9.17) is 0 Å². The fourth-order valence-electron chi connectivity index (χ4n) is 0.773. The average Bonchev–Trinajstić information content (AvgIpc) is 2.48. The minimum atomic E-state index is -3.08. The fourth-order valence-corrected chi connectivity index (χ4v) is 2.15. The highest BCUT2D eigenvalue weighted by Crippen LogP contribution is 2.11. The van der Waals surface area contributed by atoms with E-state index in [0.29, 0.717) is 6.54 Å². The van der Waals surface area contributed by atoms with Gasteiger partial charge in [0.05, 0.1) is 17.0 Å². The lowest BCUT2D eigenvalue weighted by Crippen LogP contribution is -2.24. The van der Waals surface area contributed by atoms with Gasteiger partial charge in [0.1, 0.15) is 0 Å². The lowest BCUT2D eigenvalue weighted by Gasteiger charge is -2.02. The first-order valence-corrected chi connectivity index (χ1v) is 6.44. The van der Waals surface area contributed by atoms with Crippen LogP contribution in [0, 0.1) is 6.92 Å². The molecule has 0 bridgehead atoms. The van der Waals surface area contributed by atoms with Gasteiger partial charge in [-0.3, -0.25) is 0 Å². The van der Waals surface area contributed by atoms with Gasteiger partial charge >= 0.3 is 0 Å². The molecule has 0 radical (unpaired) electrons. The van der Waals surface area contributed by atoms with Crippen molar-refractivity contribution in [2.75, 3.05) is 5.75 Å². The molecule has 0 aliphatic rings. The lowest BCUT2D eigenvalue weighted by molar-refractivity contribution is 0.583. The molecule has 0 saturated carbocycles. The van der Waals surface area contributed by atoms with Crippen molar-refractivity contribution < 1.29 is 8.42 Å². The number of sulfonamides is 1. The van der Waals surface area contributed by atoms with Crippen molar-refractivity contribution in [3.8, 4) is 0 Å². The fraction of sp³-hybridized carbons (Fsp3) is 0.571. The van der Waals surface area contributed by atoms with Gasteiger partial charge in [0.15, 0.2) is 0 Å². The van der Waals surface area contributed by atoms with Crippen molar-refractivity contribution in [1.82, 2.24) is 9.71 Å². The first-order chi connectivity index (χ1) is 6.05. The number of aryl methyl sites for hydroxylation is 1. The summed E-state index contributed by atoms with van der Waals surface area (Å²) in [4.78, 5) is 5.00. The van der Waals surface area contributed by atoms with Gasteiger partial charge in [-0.25, -0.2) is 18.1 Å². The zero-order valence-electron chi connectivity index (χ0n) is 7.57. The largest absolute Gasteiger partial charge is 0.250 e. The molecule has 0 spiro atoms. The van der Waals surface area contributed by atoms with Crippen LogP contribution in [0.5, 0.6) is 0 Å². The molecular weight excluding hydrogens is 208 g/mol. The van der Waals surface area contributed by atoms with E-state index in [1.807, 2.05) is 6.92 Å². The Balaban J connectivity index is 2.58.